The first-order valence-electron chi connectivity index (χ1n) is 10.0. The summed E-state index contributed by atoms with van der Waals surface area (Å²) in [5.74, 6) is -0.927. The Balaban J connectivity index is 1.62. The maximum Gasteiger partial charge on any atom is 0.270 e. The van der Waals surface area contributed by atoms with E-state index in [9.17, 15) is 14.7 Å². The van der Waals surface area contributed by atoms with Gasteiger partial charge in [-0.2, -0.15) is 5.10 Å². The summed E-state index contributed by atoms with van der Waals surface area (Å²) in [6.45, 7) is 0. The molecule has 4 rings (SSSR count). The molecule has 0 radical (unpaired) electrons. The molecule has 4 N–H and O–H groups in total. The molecule has 7 nitrogen and oxygen atoms in total. The second kappa shape index (κ2) is 8.51. The Morgan fingerprint density at radius 2 is 1.73 bits per heavy atom. The van der Waals surface area contributed by atoms with Gasteiger partial charge in [0.05, 0.1) is 17.4 Å². The van der Waals surface area contributed by atoms with Crippen LogP contribution in [0.2, 0.25) is 0 Å². The largest absolute Gasteiger partial charge is 0.381 e. The van der Waals surface area contributed by atoms with Gasteiger partial charge in [-0.1, -0.05) is 48.5 Å². The normalized spacial score (nSPS) is 15.4. The van der Waals surface area contributed by atoms with Gasteiger partial charge in [-0.05, 0) is 43.0 Å². The van der Waals surface area contributed by atoms with E-state index in [1.54, 1.807) is 10.7 Å². The van der Waals surface area contributed by atoms with Crippen LogP contribution >= 0.6 is 0 Å². The molecule has 30 heavy (non-hydrogen) atoms. The molecule has 0 aliphatic heterocycles. The SMILES string of the molecule is NC(=O)C(O)C(Cc1ccccc1)NC(=O)c1cc(C2CC2)nn1-c1ccccc1. The van der Waals surface area contributed by atoms with Crippen LogP contribution in [0, 0.1) is 0 Å². The summed E-state index contributed by atoms with van der Waals surface area (Å²) in [7, 11) is 0. The molecule has 0 spiro atoms. The third-order valence-electron chi connectivity index (χ3n) is 5.24. The fourth-order valence-corrected chi connectivity index (χ4v) is 3.46. The molecule has 0 saturated heterocycles. The molecular formula is C23H24N4O3. The molecule has 2 aromatic carbocycles. The number of nitrogens with two attached hydrogens (primary N) is 1. The minimum absolute atomic E-state index is 0.269. The molecular weight excluding hydrogens is 380 g/mol. The van der Waals surface area contributed by atoms with Gasteiger partial charge in [-0.25, -0.2) is 4.68 Å². The maximum atomic E-state index is 13.2. The van der Waals surface area contributed by atoms with E-state index >= 15 is 0 Å². The van der Waals surface area contributed by atoms with Crippen molar-refractivity contribution in [3.05, 3.63) is 83.7 Å². The number of carbonyl (C=O) groups is 2. The number of benzene rings is 2. The van der Waals surface area contributed by atoms with Crippen LogP contribution in [0.25, 0.3) is 5.69 Å². The van der Waals surface area contributed by atoms with E-state index in [-0.39, 0.29) is 6.42 Å². The number of aromatic nitrogens is 2. The van der Waals surface area contributed by atoms with E-state index in [0.29, 0.717) is 11.6 Å². The van der Waals surface area contributed by atoms with E-state index in [4.69, 9.17) is 5.73 Å². The van der Waals surface area contributed by atoms with Crippen molar-refractivity contribution in [3.8, 4) is 5.69 Å². The van der Waals surface area contributed by atoms with Gasteiger partial charge in [0, 0.05) is 5.92 Å². The number of aliphatic hydroxyl groups excluding tert-OH is 1. The number of nitrogens with zero attached hydrogens (tertiary/aromatic N) is 2. The molecule has 1 fully saturated rings. The summed E-state index contributed by atoms with van der Waals surface area (Å²) in [6.07, 6.45) is 0.879. The maximum absolute atomic E-state index is 13.2. The summed E-state index contributed by atoms with van der Waals surface area (Å²) in [5, 5.41) is 17.8. The van der Waals surface area contributed by atoms with Gasteiger partial charge in [0.2, 0.25) is 5.91 Å². The van der Waals surface area contributed by atoms with Crippen LogP contribution in [0.3, 0.4) is 0 Å². The third kappa shape index (κ3) is 4.41. The Labute approximate surface area is 174 Å². The molecule has 154 valence electrons. The molecule has 1 heterocycles. The van der Waals surface area contributed by atoms with Crippen molar-refractivity contribution in [1.82, 2.24) is 15.1 Å². The number of hydrogen-bond donors (Lipinski definition) is 3. The minimum atomic E-state index is -1.51. The van der Waals surface area contributed by atoms with Gasteiger partial charge >= 0.3 is 0 Å². The molecule has 0 bridgehead atoms. The Bertz CT molecular complexity index is 1030. The van der Waals surface area contributed by atoms with Crippen molar-refractivity contribution in [2.75, 3.05) is 0 Å². The number of aliphatic hydroxyl groups is 1. The molecule has 1 aliphatic carbocycles. The number of hydrogen-bond acceptors (Lipinski definition) is 4. The Hall–Kier alpha value is -3.45. The fraction of sp³-hybridized carbons (Fsp3) is 0.261. The average Bonchev–Trinajstić information content (AvgIpc) is 3.52. The molecule has 2 amide bonds. The molecule has 1 saturated carbocycles. The highest BCUT2D eigenvalue weighted by atomic mass is 16.3. The predicted molar refractivity (Wildman–Crippen MR) is 112 cm³/mol. The quantitative estimate of drug-likeness (QED) is 0.533. The van der Waals surface area contributed by atoms with Crippen molar-refractivity contribution in [3.63, 3.8) is 0 Å². The van der Waals surface area contributed by atoms with Crippen LogP contribution in [0.15, 0.2) is 66.7 Å². The highest BCUT2D eigenvalue weighted by Crippen LogP contribution is 2.39. The van der Waals surface area contributed by atoms with Crippen LogP contribution in [-0.4, -0.2) is 38.8 Å². The lowest BCUT2D eigenvalue weighted by atomic mass is 10.0. The molecule has 1 aromatic heterocycles. The number of nitrogens with one attached hydrogen (secondary N) is 1. The lowest BCUT2D eigenvalue weighted by Gasteiger charge is -2.22. The van der Waals surface area contributed by atoms with E-state index in [2.05, 4.69) is 10.4 Å². The van der Waals surface area contributed by atoms with Crippen molar-refractivity contribution in [2.24, 2.45) is 5.73 Å². The van der Waals surface area contributed by atoms with Crippen molar-refractivity contribution in [1.29, 1.82) is 0 Å². The Morgan fingerprint density at radius 1 is 1.10 bits per heavy atom. The Kier molecular flexibility index (Phi) is 5.63. The summed E-state index contributed by atoms with van der Waals surface area (Å²) < 4.78 is 1.61. The lowest BCUT2D eigenvalue weighted by molar-refractivity contribution is -0.127. The number of primary amides is 1. The first-order chi connectivity index (χ1) is 14.5. The van der Waals surface area contributed by atoms with Crippen molar-refractivity contribution in [2.45, 2.75) is 37.3 Å². The number of rotatable bonds is 8. The Morgan fingerprint density at radius 3 is 2.33 bits per heavy atom. The summed E-state index contributed by atoms with van der Waals surface area (Å²) in [5.41, 5.74) is 8.20. The zero-order valence-corrected chi connectivity index (χ0v) is 16.4. The second-order valence-corrected chi connectivity index (χ2v) is 7.59. The fourth-order valence-electron chi connectivity index (χ4n) is 3.46. The van der Waals surface area contributed by atoms with Crippen LogP contribution in [0.5, 0.6) is 0 Å². The van der Waals surface area contributed by atoms with E-state index < -0.39 is 24.0 Å². The predicted octanol–water partition coefficient (Wildman–Crippen LogP) is 1.94. The molecule has 2 atom stereocenters. The van der Waals surface area contributed by atoms with E-state index in [1.165, 1.54) is 0 Å². The van der Waals surface area contributed by atoms with Crippen molar-refractivity contribution < 1.29 is 14.7 Å². The number of para-hydroxylation sites is 1. The monoisotopic (exact) mass is 404 g/mol. The zero-order chi connectivity index (χ0) is 21.1. The van der Waals surface area contributed by atoms with E-state index in [1.807, 2.05) is 60.7 Å². The third-order valence-corrected chi connectivity index (χ3v) is 5.24. The van der Waals surface area contributed by atoms with Gasteiger partial charge in [0.15, 0.2) is 6.10 Å². The standard InChI is InChI=1S/C23H24N4O3/c24-22(29)21(28)19(13-15-7-3-1-4-8-15)25-23(30)20-14-18(16-11-12-16)26-27(20)17-9-5-2-6-10-17/h1-10,14,16,19,21,28H,11-13H2,(H2,24,29)(H,25,30). The van der Waals surface area contributed by atoms with Crippen LogP contribution in [0.1, 0.15) is 40.5 Å². The van der Waals surface area contributed by atoms with Crippen molar-refractivity contribution >= 4 is 11.8 Å². The van der Waals surface area contributed by atoms with Gasteiger partial charge in [-0.15, -0.1) is 0 Å². The van der Waals surface area contributed by atoms with Crippen LogP contribution < -0.4 is 11.1 Å². The zero-order valence-electron chi connectivity index (χ0n) is 16.4. The van der Waals surface area contributed by atoms with Crippen LogP contribution in [0.4, 0.5) is 0 Å². The van der Waals surface area contributed by atoms with Gasteiger partial charge < -0.3 is 16.2 Å². The molecule has 7 heteroatoms. The topological polar surface area (TPSA) is 110 Å². The molecule has 3 aromatic rings. The van der Waals surface area contributed by atoms with Crippen LogP contribution in [-0.2, 0) is 11.2 Å². The molecule has 2 unspecified atom stereocenters. The number of carbonyl (C=O) groups excluding carboxylic acids is 2. The first kappa shape index (κ1) is 19.8. The van der Waals surface area contributed by atoms with Gasteiger partial charge in [-0.3, -0.25) is 9.59 Å². The van der Waals surface area contributed by atoms with Gasteiger partial charge in [0.25, 0.3) is 5.91 Å². The summed E-state index contributed by atoms with van der Waals surface area (Å²) >= 11 is 0. The highest BCUT2D eigenvalue weighted by Gasteiger charge is 2.31. The summed E-state index contributed by atoms with van der Waals surface area (Å²) in [6, 6.07) is 19.7. The molecule has 1 aliphatic rings. The van der Waals surface area contributed by atoms with Gasteiger partial charge in [0.1, 0.15) is 5.69 Å². The van der Waals surface area contributed by atoms with E-state index in [0.717, 1.165) is 29.8 Å². The average molecular weight is 404 g/mol. The smallest absolute Gasteiger partial charge is 0.270 e. The second-order valence-electron chi connectivity index (χ2n) is 7.59. The number of amides is 2. The minimum Gasteiger partial charge on any atom is -0.381 e. The first-order valence-corrected chi connectivity index (χ1v) is 10.0. The highest BCUT2D eigenvalue weighted by molar-refractivity contribution is 5.94. The lowest BCUT2D eigenvalue weighted by Crippen LogP contribution is -2.50. The summed E-state index contributed by atoms with van der Waals surface area (Å²) in [4.78, 5) is 24.8.